The summed E-state index contributed by atoms with van der Waals surface area (Å²) in [5.41, 5.74) is 2.77. The normalized spacial score (nSPS) is 14.5. The molecule has 1 aromatic carbocycles. The van der Waals surface area contributed by atoms with E-state index in [-0.39, 0.29) is 5.56 Å². The molecule has 1 aliphatic rings. The number of hydrogen-bond acceptors (Lipinski definition) is 4. The lowest BCUT2D eigenvalue weighted by Gasteiger charge is -2.22. The summed E-state index contributed by atoms with van der Waals surface area (Å²) in [5, 5.41) is 17.1. The first kappa shape index (κ1) is 12.6. The number of rotatable bonds is 2. The minimum Gasteiger partial charge on any atom is -0.478 e. The van der Waals surface area contributed by atoms with Crippen molar-refractivity contribution < 1.29 is 9.90 Å². The maximum Gasteiger partial charge on any atom is 0.339 e. The Labute approximate surface area is 116 Å². The number of carboxylic acid groups (broad SMARTS) is 1. The van der Waals surface area contributed by atoms with Crippen LogP contribution in [0.4, 0.5) is 5.82 Å². The average molecular weight is 269 g/mol. The summed E-state index contributed by atoms with van der Waals surface area (Å²) in [6.45, 7) is 1.46. The van der Waals surface area contributed by atoms with E-state index >= 15 is 0 Å². The van der Waals surface area contributed by atoms with E-state index in [1.54, 1.807) is 0 Å². The molecule has 5 heteroatoms. The second kappa shape index (κ2) is 5.28. The second-order valence-corrected chi connectivity index (χ2v) is 4.87. The van der Waals surface area contributed by atoms with Crippen molar-refractivity contribution in [3.8, 4) is 0 Å². The van der Waals surface area contributed by atoms with Gasteiger partial charge in [0.05, 0.1) is 6.20 Å². The summed E-state index contributed by atoms with van der Waals surface area (Å²) in [6.07, 6.45) is 3.40. The molecule has 0 spiro atoms. The molecule has 0 bridgehead atoms. The molecule has 2 aromatic rings. The van der Waals surface area contributed by atoms with Crippen molar-refractivity contribution in [1.29, 1.82) is 0 Å². The van der Waals surface area contributed by atoms with E-state index in [4.69, 9.17) is 0 Å². The van der Waals surface area contributed by atoms with Crippen LogP contribution in [0.2, 0.25) is 0 Å². The van der Waals surface area contributed by atoms with Gasteiger partial charge in [-0.3, -0.25) is 0 Å². The Morgan fingerprint density at radius 2 is 2.00 bits per heavy atom. The van der Waals surface area contributed by atoms with Crippen molar-refractivity contribution in [3.63, 3.8) is 0 Å². The monoisotopic (exact) mass is 269 g/mol. The Balaban J connectivity index is 1.98. The highest BCUT2D eigenvalue weighted by Gasteiger charge is 2.21. The Morgan fingerprint density at radius 3 is 2.80 bits per heavy atom. The highest BCUT2D eigenvalue weighted by Crippen LogP contribution is 2.24. The molecule has 5 nitrogen and oxygen atoms in total. The van der Waals surface area contributed by atoms with E-state index in [0.29, 0.717) is 12.4 Å². The van der Waals surface area contributed by atoms with Crippen molar-refractivity contribution >= 4 is 11.8 Å². The van der Waals surface area contributed by atoms with Crippen LogP contribution in [0.3, 0.4) is 0 Å². The molecular formula is C15H15N3O2. The lowest BCUT2D eigenvalue weighted by Crippen LogP contribution is -2.26. The molecule has 0 saturated carbocycles. The molecule has 102 valence electrons. The molecule has 20 heavy (non-hydrogen) atoms. The Bertz CT molecular complexity index is 643. The quantitative estimate of drug-likeness (QED) is 0.904. The minimum absolute atomic E-state index is 0.208. The van der Waals surface area contributed by atoms with Gasteiger partial charge in [-0.2, -0.15) is 5.10 Å². The zero-order valence-electron chi connectivity index (χ0n) is 11.0. The molecule has 2 heterocycles. The fraction of sp³-hybridized carbons (Fsp3) is 0.267. The van der Waals surface area contributed by atoms with E-state index in [0.717, 1.165) is 19.4 Å². The Kier molecular flexibility index (Phi) is 3.33. The van der Waals surface area contributed by atoms with Crippen LogP contribution in [0.5, 0.6) is 0 Å². The van der Waals surface area contributed by atoms with Gasteiger partial charge in [0.1, 0.15) is 5.56 Å². The summed E-state index contributed by atoms with van der Waals surface area (Å²) in [7, 11) is 0. The SMILES string of the molecule is O=C(O)c1ccnnc1N1CCCc2ccccc2C1. The topological polar surface area (TPSA) is 66.3 Å². The summed E-state index contributed by atoms with van der Waals surface area (Å²) in [6, 6.07) is 9.77. The zero-order valence-corrected chi connectivity index (χ0v) is 11.0. The third-order valence-electron chi connectivity index (χ3n) is 3.58. The van der Waals surface area contributed by atoms with Gasteiger partial charge in [-0.15, -0.1) is 5.10 Å². The van der Waals surface area contributed by atoms with Crippen molar-refractivity contribution in [2.24, 2.45) is 0 Å². The van der Waals surface area contributed by atoms with Gasteiger partial charge in [-0.25, -0.2) is 4.79 Å². The molecule has 0 aliphatic carbocycles. The Hall–Kier alpha value is -2.43. The minimum atomic E-state index is -0.965. The standard InChI is InChI=1S/C15H15N3O2/c19-15(20)13-7-8-16-17-14(13)18-9-3-6-11-4-1-2-5-12(11)10-18/h1-2,4-5,7-8H,3,6,9-10H2,(H,19,20). The largest absolute Gasteiger partial charge is 0.478 e. The van der Waals surface area contributed by atoms with Crippen LogP contribution in [-0.2, 0) is 13.0 Å². The van der Waals surface area contributed by atoms with Gasteiger partial charge >= 0.3 is 5.97 Å². The number of aromatic nitrogens is 2. The number of carboxylic acids is 1. The molecule has 1 aliphatic heterocycles. The van der Waals surface area contributed by atoms with E-state index in [1.165, 1.54) is 23.4 Å². The summed E-state index contributed by atoms with van der Waals surface area (Å²) in [5.74, 6) is -0.510. The zero-order chi connectivity index (χ0) is 13.9. The average Bonchev–Trinajstić information content (AvgIpc) is 2.69. The molecular weight excluding hydrogens is 254 g/mol. The van der Waals surface area contributed by atoms with Crippen LogP contribution in [0.25, 0.3) is 0 Å². The van der Waals surface area contributed by atoms with Gasteiger partial charge < -0.3 is 10.0 Å². The number of nitrogens with zero attached hydrogens (tertiary/aromatic N) is 3. The number of aromatic carboxylic acids is 1. The number of aryl methyl sites for hydroxylation is 1. The molecule has 3 rings (SSSR count). The number of anilines is 1. The fourth-order valence-electron chi connectivity index (χ4n) is 2.61. The first-order valence-electron chi connectivity index (χ1n) is 6.62. The molecule has 1 N–H and O–H groups in total. The van der Waals surface area contributed by atoms with E-state index in [2.05, 4.69) is 22.3 Å². The van der Waals surface area contributed by atoms with Gasteiger partial charge in [0.15, 0.2) is 5.82 Å². The first-order valence-corrected chi connectivity index (χ1v) is 6.62. The van der Waals surface area contributed by atoms with Crippen molar-refractivity contribution in [3.05, 3.63) is 53.2 Å². The third-order valence-corrected chi connectivity index (χ3v) is 3.58. The predicted molar refractivity (Wildman–Crippen MR) is 74.8 cm³/mol. The molecule has 0 atom stereocenters. The molecule has 0 saturated heterocycles. The highest BCUT2D eigenvalue weighted by atomic mass is 16.4. The van der Waals surface area contributed by atoms with E-state index in [1.807, 2.05) is 17.0 Å². The number of carbonyl (C=O) groups is 1. The first-order chi connectivity index (χ1) is 9.75. The molecule has 0 unspecified atom stereocenters. The highest BCUT2D eigenvalue weighted by molar-refractivity contribution is 5.93. The molecule has 0 radical (unpaired) electrons. The van der Waals surface area contributed by atoms with Crippen LogP contribution < -0.4 is 4.90 Å². The van der Waals surface area contributed by atoms with Crippen LogP contribution in [0.15, 0.2) is 36.5 Å². The summed E-state index contributed by atoms with van der Waals surface area (Å²) in [4.78, 5) is 13.3. The molecule has 1 aromatic heterocycles. The summed E-state index contributed by atoms with van der Waals surface area (Å²) < 4.78 is 0. The van der Waals surface area contributed by atoms with Gasteiger partial charge in [-0.1, -0.05) is 24.3 Å². The number of hydrogen-bond donors (Lipinski definition) is 1. The van der Waals surface area contributed by atoms with Gasteiger partial charge in [0.2, 0.25) is 0 Å². The maximum atomic E-state index is 11.3. The van der Waals surface area contributed by atoms with Gasteiger partial charge in [0, 0.05) is 13.1 Å². The molecule has 0 fully saturated rings. The predicted octanol–water partition coefficient (Wildman–Crippen LogP) is 2.13. The van der Waals surface area contributed by atoms with Crippen molar-refractivity contribution in [1.82, 2.24) is 10.2 Å². The van der Waals surface area contributed by atoms with Crippen LogP contribution in [0.1, 0.15) is 27.9 Å². The number of fused-ring (bicyclic) bond motifs is 1. The van der Waals surface area contributed by atoms with Crippen LogP contribution >= 0.6 is 0 Å². The smallest absolute Gasteiger partial charge is 0.339 e. The lowest BCUT2D eigenvalue weighted by atomic mass is 10.0. The third kappa shape index (κ3) is 2.34. The summed E-state index contributed by atoms with van der Waals surface area (Å²) >= 11 is 0. The van der Waals surface area contributed by atoms with Crippen molar-refractivity contribution in [2.75, 3.05) is 11.4 Å². The van der Waals surface area contributed by atoms with E-state index < -0.39 is 5.97 Å². The van der Waals surface area contributed by atoms with Gasteiger partial charge in [-0.05, 0) is 30.0 Å². The molecule has 0 amide bonds. The van der Waals surface area contributed by atoms with E-state index in [9.17, 15) is 9.90 Å². The number of benzene rings is 1. The van der Waals surface area contributed by atoms with Crippen molar-refractivity contribution in [2.45, 2.75) is 19.4 Å². The van der Waals surface area contributed by atoms with Gasteiger partial charge in [0.25, 0.3) is 0 Å². The second-order valence-electron chi connectivity index (χ2n) is 4.87. The maximum absolute atomic E-state index is 11.3. The van der Waals surface area contributed by atoms with Crippen LogP contribution in [0, 0.1) is 0 Å². The van der Waals surface area contributed by atoms with Crippen LogP contribution in [-0.4, -0.2) is 27.8 Å². The Morgan fingerprint density at radius 1 is 1.20 bits per heavy atom. The lowest BCUT2D eigenvalue weighted by molar-refractivity contribution is 0.0697. The fourth-order valence-corrected chi connectivity index (χ4v) is 2.61.